The highest BCUT2D eigenvalue weighted by Gasteiger charge is 2.15. The van der Waals surface area contributed by atoms with Crippen molar-refractivity contribution >= 4 is 15.9 Å². The average molecular weight is 299 g/mol. The van der Waals surface area contributed by atoms with Crippen molar-refractivity contribution in [2.45, 2.75) is 6.10 Å². The fourth-order valence-electron chi connectivity index (χ4n) is 1.58. The molecule has 0 unspecified atom stereocenters. The molecule has 0 spiro atoms. The summed E-state index contributed by atoms with van der Waals surface area (Å²) < 4.78 is 27.2. The molecule has 0 aliphatic rings. The van der Waals surface area contributed by atoms with Gasteiger partial charge in [-0.05, 0) is 35.9 Å². The van der Waals surface area contributed by atoms with Gasteiger partial charge in [-0.15, -0.1) is 0 Å². The lowest BCUT2D eigenvalue weighted by Crippen LogP contribution is -2.03. The van der Waals surface area contributed by atoms with Crippen LogP contribution in [0.15, 0.2) is 46.9 Å². The highest BCUT2D eigenvalue weighted by molar-refractivity contribution is 9.10. The molecule has 0 aliphatic carbocycles. The van der Waals surface area contributed by atoms with Gasteiger partial charge in [0.2, 0.25) is 0 Å². The maximum Gasteiger partial charge on any atom is 0.129 e. The topological polar surface area (TPSA) is 20.2 Å². The number of benzene rings is 2. The molecule has 0 saturated carbocycles. The van der Waals surface area contributed by atoms with Gasteiger partial charge in [0, 0.05) is 10.0 Å². The van der Waals surface area contributed by atoms with Crippen molar-refractivity contribution in [1.29, 1.82) is 0 Å². The lowest BCUT2D eigenvalue weighted by molar-refractivity contribution is 0.214. The summed E-state index contributed by atoms with van der Waals surface area (Å²) in [6.45, 7) is 0. The van der Waals surface area contributed by atoms with E-state index in [1.807, 2.05) is 0 Å². The molecule has 17 heavy (non-hydrogen) atoms. The van der Waals surface area contributed by atoms with Gasteiger partial charge in [-0.25, -0.2) is 8.78 Å². The standard InChI is InChI=1S/C13H9BrF2O/c14-9-4-5-12(16)11(7-9)13(17)8-2-1-3-10(15)6-8/h1-7,13,17H/t13-/m1/s1. The Balaban J connectivity index is 2.43. The minimum absolute atomic E-state index is 0.116. The van der Waals surface area contributed by atoms with Crippen molar-refractivity contribution in [3.63, 3.8) is 0 Å². The van der Waals surface area contributed by atoms with Crippen molar-refractivity contribution in [1.82, 2.24) is 0 Å². The molecule has 0 saturated heterocycles. The molecule has 0 bridgehead atoms. The smallest absolute Gasteiger partial charge is 0.129 e. The van der Waals surface area contributed by atoms with Gasteiger partial charge in [-0.3, -0.25) is 0 Å². The van der Waals surface area contributed by atoms with E-state index >= 15 is 0 Å². The Labute approximate surface area is 106 Å². The number of hydrogen-bond donors (Lipinski definition) is 1. The monoisotopic (exact) mass is 298 g/mol. The Morgan fingerprint density at radius 3 is 2.53 bits per heavy atom. The van der Waals surface area contributed by atoms with Crippen molar-refractivity contribution < 1.29 is 13.9 Å². The largest absolute Gasteiger partial charge is 0.384 e. The van der Waals surface area contributed by atoms with E-state index in [0.29, 0.717) is 10.0 Å². The van der Waals surface area contributed by atoms with Crippen LogP contribution in [0.4, 0.5) is 8.78 Å². The third-order valence-corrected chi connectivity index (χ3v) is 2.91. The van der Waals surface area contributed by atoms with Gasteiger partial charge in [0.25, 0.3) is 0 Å². The average Bonchev–Trinajstić information content (AvgIpc) is 2.31. The Kier molecular flexibility index (Phi) is 3.54. The van der Waals surface area contributed by atoms with Crippen molar-refractivity contribution in [3.05, 3.63) is 69.7 Å². The second-order valence-electron chi connectivity index (χ2n) is 3.62. The third kappa shape index (κ3) is 2.70. The molecule has 2 rings (SSSR count). The maximum absolute atomic E-state index is 13.5. The van der Waals surface area contributed by atoms with E-state index in [-0.39, 0.29) is 5.56 Å². The molecule has 1 N–H and O–H groups in total. The molecule has 0 aromatic heterocycles. The summed E-state index contributed by atoms with van der Waals surface area (Å²) in [6, 6.07) is 9.75. The SMILES string of the molecule is O[C@H](c1cccc(F)c1)c1cc(Br)ccc1F. The van der Waals surface area contributed by atoms with Crippen LogP contribution >= 0.6 is 15.9 Å². The molecular weight excluding hydrogens is 290 g/mol. The lowest BCUT2D eigenvalue weighted by Gasteiger charge is -2.12. The summed E-state index contributed by atoms with van der Waals surface area (Å²) in [5, 5.41) is 9.99. The van der Waals surface area contributed by atoms with E-state index in [2.05, 4.69) is 15.9 Å². The van der Waals surface area contributed by atoms with E-state index in [9.17, 15) is 13.9 Å². The van der Waals surface area contributed by atoms with E-state index in [4.69, 9.17) is 0 Å². The van der Waals surface area contributed by atoms with Gasteiger partial charge in [0.1, 0.15) is 17.7 Å². The summed E-state index contributed by atoms with van der Waals surface area (Å²) in [7, 11) is 0. The van der Waals surface area contributed by atoms with Crippen LogP contribution in [0, 0.1) is 11.6 Å². The van der Waals surface area contributed by atoms with Crippen molar-refractivity contribution in [2.75, 3.05) is 0 Å². The minimum Gasteiger partial charge on any atom is -0.384 e. The van der Waals surface area contributed by atoms with E-state index in [1.165, 1.54) is 36.4 Å². The molecule has 1 atom stereocenters. The summed E-state index contributed by atoms with van der Waals surface area (Å²) in [5.41, 5.74) is 0.437. The zero-order valence-corrected chi connectivity index (χ0v) is 10.3. The highest BCUT2D eigenvalue weighted by atomic mass is 79.9. The number of halogens is 3. The molecule has 2 aromatic carbocycles. The maximum atomic E-state index is 13.5. The number of rotatable bonds is 2. The first-order valence-electron chi connectivity index (χ1n) is 4.96. The molecular formula is C13H9BrF2O. The minimum atomic E-state index is -1.18. The predicted molar refractivity (Wildman–Crippen MR) is 64.6 cm³/mol. The fraction of sp³-hybridized carbons (Fsp3) is 0.0769. The van der Waals surface area contributed by atoms with E-state index in [0.717, 1.165) is 0 Å². The first kappa shape index (κ1) is 12.2. The first-order valence-corrected chi connectivity index (χ1v) is 5.75. The molecule has 0 aliphatic heterocycles. The summed E-state index contributed by atoms with van der Waals surface area (Å²) in [6.07, 6.45) is -1.18. The summed E-state index contributed by atoms with van der Waals surface area (Å²) in [5.74, 6) is -0.984. The van der Waals surface area contributed by atoms with Crippen molar-refractivity contribution in [3.8, 4) is 0 Å². The van der Waals surface area contributed by atoms with Crippen LogP contribution in [0.2, 0.25) is 0 Å². The van der Waals surface area contributed by atoms with Gasteiger partial charge in [0.15, 0.2) is 0 Å². The first-order chi connectivity index (χ1) is 8.08. The van der Waals surface area contributed by atoms with Gasteiger partial charge in [-0.2, -0.15) is 0 Å². The van der Waals surface area contributed by atoms with Gasteiger partial charge >= 0.3 is 0 Å². The van der Waals surface area contributed by atoms with Gasteiger partial charge in [0.05, 0.1) is 0 Å². The lowest BCUT2D eigenvalue weighted by atomic mass is 10.0. The van der Waals surface area contributed by atoms with E-state index in [1.54, 1.807) is 6.07 Å². The van der Waals surface area contributed by atoms with Crippen LogP contribution in [0.3, 0.4) is 0 Å². The summed E-state index contributed by atoms with van der Waals surface area (Å²) in [4.78, 5) is 0. The Morgan fingerprint density at radius 2 is 1.82 bits per heavy atom. The van der Waals surface area contributed by atoms with Crippen LogP contribution in [0.5, 0.6) is 0 Å². The zero-order chi connectivity index (χ0) is 12.4. The molecule has 88 valence electrons. The Bertz CT molecular complexity index is 543. The van der Waals surface area contributed by atoms with Crippen LogP contribution in [0.25, 0.3) is 0 Å². The Hall–Kier alpha value is -1.26. The van der Waals surface area contributed by atoms with Gasteiger partial charge in [-0.1, -0.05) is 28.1 Å². The van der Waals surface area contributed by atoms with Crippen molar-refractivity contribution in [2.24, 2.45) is 0 Å². The van der Waals surface area contributed by atoms with Crippen LogP contribution in [0.1, 0.15) is 17.2 Å². The second-order valence-corrected chi connectivity index (χ2v) is 4.54. The molecule has 0 amide bonds. The predicted octanol–water partition coefficient (Wildman–Crippen LogP) is 3.81. The zero-order valence-electron chi connectivity index (χ0n) is 8.70. The molecule has 0 heterocycles. The fourth-order valence-corrected chi connectivity index (χ4v) is 1.96. The third-order valence-electron chi connectivity index (χ3n) is 2.42. The second kappa shape index (κ2) is 4.94. The van der Waals surface area contributed by atoms with Gasteiger partial charge < -0.3 is 5.11 Å². The Morgan fingerprint density at radius 1 is 1.06 bits per heavy atom. The summed E-state index contributed by atoms with van der Waals surface area (Å²) >= 11 is 3.20. The molecule has 0 fully saturated rings. The highest BCUT2D eigenvalue weighted by Crippen LogP contribution is 2.27. The normalized spacial score (nSPS) is 12.5. The molecule has 4 heteroatoms. The van der Waals surface area contributed by atoms with E-state index < -0.39 is 17.7 Å². The number of hydrogen-bond acceptors (Lipinski definition) is 1. The van der Waals surface area contributed by atoms with Crippen LogP contribution < -0.4 is 0 Å². The molecule has 1 nitrogen and oxygen atoms in total. The quantitative estimate of drug-likeness (QED) is 0.894. The number of aliphatic hydroxyl groups is 1. The number of aliphatic hydroxyl groups excluding tert-OH is 1. The molecule has 0 radical (unpaired) electrons. The molecule has 2 aromatic rings. The van der Waals surface area contributed by atoms with Crippen LogP contribution in [-0.4, -0.2) is 5.11 Å². The van der Waals surface area contributed by atoms with Crippen LogP contribution in [-0.2, 0) is 0 Å².